The maximum atomic E-state index is 12.5. The highest BCUT2D eigenvalue weighted by Gasteiger charge is 2.13. The van der Waals surface area contributed by atoms with Crippen LogP contribution in [0.3, 0.4) is 0 Å². The minimum Gasteiger partial charge on any atom is -0.348 e. The number of carbonyl (C=O) groups excluding carboxylic acids is 1. The van der Waals surface area contributed by atoms with Gasteiger partial charge in [0.15, 0.2) is 5.13 Å². The molecule has 0 bridgehead atoms. The Morgan fingerprint density at radius 3 is 2.47 bits per heavy atom. The average molecular weight is 462 g/mol. The average Bonchev–Trinajstić information content (AvgIpc) is 3.20. The summed E-state index contributed by atoms with van der Waals surface area (Å²) >= 11 is 7.69. The molecule has 0 aliphatic rings. The third kappa shape index (κ3) is 5.36. The lowest BCUT2D eigenvalue weighted by Gasteiger charge is -2.16. The highest BCUT2D eigenvalue weighted by atomic mass is 35.5. The summed E-state index contributed by atoms with van der Waals surface area (Å²) in [4.78, 5) is 20.7. The Morgan fingerprint density at radius 1 is 1.00 bits per heavy atom. The van der Waals surface area contributed by atoms with Crippen LogP contribution in [0.15, 0.2) is 78.9 Å². The second kappa shape index (κ2) is 9.98. The zero-order valence-electron chi connectivity index (χ0n) is 18.0. The number of thiazole rings is 1. The second-order valence-corrected chi connectivity index (χ2v) is 9.25. The fourth-order valence-corrected chi connectivity index (χ4v) is 4.55. The first kappa shape index (κ1) is 22.1. The first-order valence-corrected chi connectivity index (χ1v) is 11.5. The smallest absolute Gasteiger partial charge is 0.251 e. The van der Waals surface area contributed by atoms with Crippen LogP contribution in [0.1, 0.15) is 26.4 Å². The van der Waals surface area contributed by atoms with Crippen LogP contribution >= 0.6 is 22.9 Å². The third-order valence-electron chi connectivity index (χ3n) is 5.14. The van der Waals surface area contributed by atoms with E-state index in [-0.39, 0.29) is 5.91 Å². The maximum Gasteiger partial charge on any atom is 0.251 e. The number of hydrogen-bond donors (Lipinski definition) is 1. The lowest BCUT2D eigenvalue weighted by molar-refractivity contribution is 0.0951. The molecular formula is C26H24ClN3OS. The Labute approximate surface area is 197 Å². The van der Waals surface area contributed by atoms with Crippen LogP contribution in [0.2, 0.25) is 5.02 Å². The molecule has 162 valence electrons. The molecule has 0 saturated heterocycles. The SMILES string of the molecule is Cc1sc(N(C)Cc2ccc(C(=O)NCc3cccc(Cl)c3)cc2)nc1-c1ccccc1. The lowest BCUT2D eigenvalue weighted by atomic mass is 10.1. The fraction of sp³-hybridized carbons (Fsp3) is 0.154. The van der Waals surface area contributed by atoms with E-state index >= 15 is 0 Å². The number of anilines is 1. The van der Waals surface area contributed by atoms with Crippen LogP contribution in [-0.2, 0) is 13.1 Å². The molecular weight excluding hydrogens is 438 g/mol. The van der Waals surface area contributed by atoms with Gasteiger partial charge in [-0.2, -0.15) is 0 Å². The number of hydrogen-bond acceptors (Lipinski definition) is 4. The summed E-state index contributed by atoms with van der Waals surface area (Å²) in [5.74, 6) is -0.104. The number of benzene rings is 3. The predicted molar refractivity (Wildman–Crippen MR) is 133 cm³/mol. The van der Waals surface area contributed by atoms with Crippen molar-refractivity contribution >= 4 is 34.0 Å². The predicted octanol–water partition coefficient (Wildman–Crippen LogP) is 6.34. The molecule has 1 amide bonds. The second-order valence-electron chi connectivity index (χ2n) is 7.63. The lowest BCUT2D eigenvalue weighted by Crippen LogP contribution is -2.23. The van der Waals surface area contributed by atoms with Crippen LogP contribution in [0, 0.1) is 6.92 Å². The van der Waals surface area contributed by atoms with Crippen molar-refractivity contribution in [3.63, 3.8) is 0 Å². The monoisotopic (exact) mass is 461 g/mol. The van der Waals surface area contributed by atoms with Crippen molar-refractivity contribution in [2.24, 2.45) is 0 Å². The Bertz CT molecular complexity index is 1210. The van der Waals surface area contributed by atoms with Gasteiger partial charge >= 0.3 is 0 Å². The van der Waals surface area contributed by atoms with Gasteiger partial charge in [0.1, 0.15) is 0 Å². The number of nitrogens with one attached hydrogen (secondary N) is 1. The largest absolute Gasteiger partial charge is 0.348 e. The van der Waals surface area contributed by atoms with Gasteiger partial charge in [-0.05, 0) is 42.3 Å². The van der Waals surface area contributed by atoms with E-state index in [9.17, 15) is 4.79 Å². The van der Waals surface area contributed by atoms with Crippen LogP contribution in [-0.4, -0.2) is 17.9 Å². The fourth-order valence-electron chi connectivity index (χ4n) is 3.44. The van der Waals surface area contributed by atoms with E-state index in [2.05, 4.69) is 29.3 Å². The van der Waals surface area contributed by atoms with E-state index < -0.39 is 0 Å². The number of halogens is 1. The van der Waals surface area contributed by atoms with Crippen LogP contribution in [0.25, 0.3) is 11.3 Å². The number of aryl methyl sites for hydroxylation is 1. The van der Waals surface area contributed by atoms with Gasteiger partial charge in [0, 0.05) is 41.2 Å². The summed E-state index contributed by atoms with van der Waals surface area (Å²) in [6.07, 6.45) is 0. The molecule has 1 aromatic heterocycles. The van der Waals surface area contributed by atoms with E-state index in [1.165, 1.54) is 4.88 Å². The van der Waals surface area contributed by atoms with Gasteiger partial charge in [0.2, 0.25) is 0 Å². The number of rotatable bonds is 7. The number of nitrogens with zero attached hydrogens (tertiary/aromatic N) is 2. The van der Waals surface area contributed by atoms with E-state index in [0.29, 0.717) is 23.7 Å². The Kier molecular flexibility index (Phi) is 6.88. The van der Waals surface area contributed by atoms with E-state index in [1.807, 2.05) is 73.8 Å². The quantitative estimate of drug-likeness (QED) is 0.349. The molecule has 0 spiro atoms. The van der Waals surface area contributed by atoms with Crippen molar-refractivity contribution in [3.8, 4) is 11.3 Å². The Morgan fingerprint density at radius 2 is 1.75 bits per heavy atom. The van der Waals surface area contributed by atoms with Crippen molar-refractivity contribution in [1.29, 1.82) is 0 Å². The van der Waals surface area contributed by atoms with Gasteiger partial charge in [-0.3, -0.25) is 4.79 Å². The molecule has 0 atom stereocenters. The highest BCUT2D eigenvalue weighted by molar-refractivity contribution is 7.16. The zero-order chi connectivity index (χ0) is 22.5. The summed E-state index contributed by atoms with van der Waals surface area (Å²) in [5.41, 5.74) is 4.89. The normalized spacial score (nSPS) is 10.7. The van der Waals surface area contributed by atoms with E-state index in [1.54, 1.807) is 11.3 Å². The molecule has 0 radical (unpaired) electrons. The first-order chi connectivity index (χ1) is 15.5. The summed E-state index contributed by atoms with van der Waals surface area (Å²) in [7, 11) is 2.04. The molecule has 3 aromatic carbocycles. The van der Waals surface area contributed by atoms with Crippen molar-refractivity contribution in [3.05, 3.63) is 105 Å². The number of amides is 1. The first-order valence-electron chi connectivity index (χ1n) is 10.3. The highest BCUT2D eigenvalue weighted by Crippen LogP contribution is 2.32. The van der Waals surface area contributed by atoms with Gasteiger partial charge in [0.05, 0.1) is 5.69 Å². The van der Waals surface area contributed by atoms with Crippen molar-refractivity contribution in [1.82, 2.24) is 10.3 Å². The summed E-state index contributed by atoms with van der Waals surface area (Å²) < 4.78 is 0. The summed E-state index contributed by atoms with van der Waals surface area (Å²) in [6.45, 7) is 3.26. The Balaban J connectivity index is 1.37. The molecule has 0 aliphatic heterocycles. The molecule has 0 unspecified atom stereocenters. The molecule has 6 heteroatoms. The molecule has 4 aromatic rings. The summed E-state index contributed by atoms with van der Waals surface area (Å²) in [6, 6.07) is 25.4. The number of carbonyl (C=O) groups is 1. The zero-order valence-corrected chi connectivity index (χ0v) is 19.6. The molecule has 4 rings (SSSR count). The topological polar surface area (TPSA) is 45.2 Å². The van der Waals surface area contributed by atoms with Gasteiger partial charge in [0.25, 0.3) is 5.91 Å². The Hall–Kier alpha value is -3.15. The molecule has 0 saturated carbocycles. The minimum atomic E-state index is -0.104. The molecule has 0 fully saturated rings. The summed E-state index contributed by atoms with van der Waals surface area (Å²) in [5, 5.41) is 4.58. The number of aromatic nitrogens is 1. The maximum absolute atomic E-state index is 12.5. The van der Waals surface area contributed by atoms with Crippen LogP contribution < -0.4 is 10.2 Å². The molecule has 32 heavy (non-hydrogen) atoms. The van der Waals surface area contributed by atoms with Crippen molar-refractivity contribution < 1.29 is 4.79 Å². The van der Waals surface area contributed by atoms with E-state index in [4.69, 9.17) is 16.6 Å². The molecule has 1 N–H and O–H groups in total. The van der Waals surface area contributed by atoms with Crippen molar-refractivity contribution in [2.45, 2.75) is 20.0 Å². The van der Waals surface area contributed by atoms with E-state index in [0.717, 1.165) is 27.5 Å². The van der Waals surface area contributed by atoms with Gasteiger partial charge in [-0.15, -0.1) is 11.3 Å². The molecule has 1 heterocycles. The van der Waals surface area contributed by atoms with Crippen LogP contribution in [0.5, 0.6) is 0 Å². The standard InChI is InChI=1S/C26H24ClN3OS/c1-18-24(21-8-4-3-5-9-21)29-26(32-18)30(2)17-19-11-13-22(14-12-19)25(31)28-16-20-7-6-10-23(27)15-20/h3-15H,16-17H2,1-2H3,(H,28,31). The third-order valence-corrected chi connectivity index (χ3v) is 6.46. The minimum absolute atomic E-state index is 0.104. The van der Waals surface area contributed by atoms with Gasteiger partial charge < -0.3 is 10.2 Å². The molecule has 4 nitrogen and oxygen atoms in total. The van der Waals surface area contributed by atoms with Crippen molar-refractivity contribution in [2.75, 3.05) is 11.9 Å². The molecule has 0 aliphatic carbocycles. The van der Waals surface area contributed by atoms with Gasteiger partial charge in [-0.1, -0.05) is 66.2 Å². The van der Waals surface area contributed by atoms with Crippen LogP contribution in [0.4, 0.5) is 5.13 Å². The van der Waals surface area contributed by atoms with Gasteiger partial charge in [-0.25, -0.2) is 4.98 Å².